The van der Waals surface area contributed by atoms with Crippen molar-refractivity contribution in [2.45, 2.75) is 65.3 Å². The molecule has 1 unspecified atom stereocenters. The number of hydrogen-bond acceptors (Lipinski definition) is 2. The highest BCUT2D eigenvalue weighted by molar-refractivity contribution is 5.75. The van der Waals surface area contributed by atoms with Crippen molar-refractivity contribution in [1.29, 1.82) is 0 Å². The van der Waals surface area contributed by atoms with E-state index in [1.165, 1.54) is 32.4 Å². The standard InChI is InChI=1S/C15H30N2O/c1-4-5-9-15(18)16-12-14(13(2)3)17-10-7-6-8-11-17/h13-14H,4-12H2,1-3H3,(H,16,18). The Morgan fingerprint density at radius 2 is 1.89 bits per heavy atom. The molecule has 1 fully saturated rings. The van der Waals surface area contributed by atoms with Gasteiger partial charge in [0.2, 0.25) is 5.91 Å². The second-order valence-corrected chi connectivity index (χ2v) is 5.82. The first-order chi connectivity index (χ1) is 8.65. The summed E-state index contributed by atoms with van der Waals surface area (Å²) in [6.07, 6.45) is 6.76. The van der Waals surface area contributed by atoms with Gasteiger partial charge in [0.25, 0.3) is 0 Å². The van der Waals surface area contributed by atoms with E-state index in [1.807, 2.05) is 0 Å². The summed E-state index contributed by atoms with van der Waals surface area (Å²) < 4.78 is 0. The number of hydrogen-bond donors (Lipinski definition) is 1. The molecule has 1 amide bonds. The Kier molecular flexibility index (Phi) is 7.33. The number of nitrogens with zero attached hydrogens (tertiary/aromatic N) is 1. The van der Waals surface area contributed by atoms with Gasteiger partial charge in [-0.05, 0) is 38.3 Å². The lowest BCUT2D eigenvalue weighted by atomic mass is 9.99. The van der Waals surface area contributed by atoms with E-state index in [1.54, 1.807) is 0 Å². The fraction of sp³-hybridized carbons (Fsp3) is 0.933. The molecule has 106 valence electrons. The number of nitrogens with one attached hydrogen (secondary N) is 1. The number of likely N-dealkylation sites (tertiary alicyclic amines) is 1. The van der Waals surface area contributed by atoms with Crippen molar-refractivity contribution >= 4 is 5.91 Å². The number of piperidine rings is 1. The van der Waals surface area contributed by atoms with Crippen molar-refractivity contribution in [2.75, 3.05) is 19.6 Å². The molecular weight excluding hydrogens is 224 g/mol. The molecule has 0 aromatic carbocycles. The molecule has 0 spiro atoms. The van der Waals surface area contributed by atoms with Crippen molar-refractivity contribution in [2.24, 2.45) is 5.92 Å². The van der Waals surface area contributed by atoms with Gasteiger partial charge in [-0.1, -0.05) is 33.6 Å². The highest BCUT2D eigenvalue weighted by atomic mass is 16.1. The monoisotopic (exact) mass is 254 g/mol. The van der Waals surface area contributed by atoms with E-state index in [0.717, 1.165) is 19.4 Å². The van der Waals surface area contributed by atoms with Gasteiger partial charge in [-0.3, -0.25) is 9.69 Å². The number of unbranched alkanes of at least 4 members (excludes halogenated alkanes) is 1. The average Bonchev–Trinajstić information content (AvgIpc) is 2.37. The number of carbonyl (C=O) groups excluding carboxylic acids is 1. The molecule has 0 aliphatic carbocycles. The van der Waals surface area contributed by atoms with E-state index in [-0.39, 0.29) is 5.91 Å². The van der Waals surface area contributed by atoms with Gasteiger partial charge in [0.1, 0.15) is 0 Å². The van der Waals surface area contributed by atoms with Gasteiger partial charge in [-0.25, -0.2) is 0 Å². The van der Waals surface area contributed by atoms with Crippen LogP contribution in [0.2, 0.25) is 0 Å². The highest BCUT2D eigenvalue weighted by Crippen LogP contribution is 2.17. The third kappa shape index (κ3) is 5.38. The molecule has 1 atom stereocenters. The van der Waals surface area contributed by atoms with Crippen molar-refractivity contribution in [1.82, 2.24) is 10.2 Å². The molecule has 1 rings (SSSR count). The normalized spacial score (nSPS) is 18.9. The fourth-order valence-corrected chi connectivity index (χ4v) is 2.68. The van der Waals surface area contributed by atoms with Gasteiger partial charge >= 0.3 is 0 Å². The number of carbonyl (C=O) groups is 1. The molecular formula is C15H30N2O. The van der Waals surface area contributed by atoms with Crippen molar-refractivity contribution in [3.8, 4) is 0 Å². The van der Waals surface area contributed by atoms with E-state index in [4.69, 9.17) is 0 Å². The number of rotatable bonds is 7. The van der Waals surface area contributed by atoms with Crippen molar-refractivity contribution in [3.63, 3.8) is 0 Å². The second kappa shape index (κ2) is 8.52. The van der Waals surface area contributed by atoms with Crippen LogP contribution < -0.4 is 5.32 Å². The predicted octanol–water partition coefficient (Wildman–Crippen LogP) is 2.80. The number of amides is 1. The molecule has 3 nitrogen and oxygen atoms in total. The summed E-state index contributed by atoms with van der Waals surface area (Å²) >= 11 is 0. The van der Waals surface area contributed by atoms with Crippen LogP contribution in [-0.4, -0.2) is 36.5 Å². The Bertz CT molecular complexity index is 235. The van der Waals surface area contributed by atoms with Gasteiger partial charge in [0.15, 0.2) is 0 Å². The SMILES string of the molecule is CCCCC(=O)NCC(C(C)C)N1CCCCC1. The van der Waals surface area contributed by atoms with Gasteiger partial charge in [-0.15, -0.1) is 0 Å². The predicted molar refractivity (Wildman–Crippen MR) is 76.6 cm³/mol. The first-order valence-corrected chi connectivity index (χ1v) is 7.66. The Balaban J connectivity index is 2.35. The lowest BCUT2D eigenvalue weighted by Crippen LogP contribution is -2.48. The Morgan fingerprint density at radius 3 is 2.44 bits per heavy atom. The van der Waals surface area contributed by atoms with Crippen LogP contribution in [-0.2, 0) is 4.79 Å². The Morgan fingerprint density at radius 1 is 1.22 bits per heavy atom. The topological polar surface area (TPSA) is 32.3 Å². The maximum Gasteiger partial charge on any atom is 0.220 e. The average molecular weight is 254 g/mol. The maximum atomic E-state index is 11.7. The molecule has 1 aliphatic heterocycles. The van der Waals surface area contributed by atoms with E-state index < -0.39 is 0 Å². The lowest BCUT2D eigenvalue weighted by Gasteiger charge is -2.37. The van der Waals surface area contributed by atoms with Crippen LogP contribution in [0, 0.1) is 5.92 Å². The smallest absolute Gasteiger partial charge is 0.220 e. The largest absolute Gasteiger partial charge is 0.355 e. The van der Waals surface area contributed by atoms with Crippen LogP contribution in [0.3, 0.4) is 0 Å². The zero-order valence-electron chi connectivity index (χ0n) is 12.4. The summed E-state index contributed by atoms with van der Waals surface area (Å²) in [6.45, 7) is 9.87. The molecule has 3 heteroatoms. The summed E-state index contributed by atoms with van der Waals surface area (Å²) in [5, 5.41) is 3.12. The summed E-state index contributed by atoms with van der Waals surface area (Å²) in [5.74, 6) is 0.828. The van der Waals surface area contributed by atoms with E-state index >= 15 is 0 Å². The molecule has 0 aromatic rings. The molecule has 18 heavy (non-hydrogen) atoms. The van der Waals surface area contributed by atoms with Gasteiger partial charge in [0.05, 0.1) is 0 Å². The van der Waals surface area contributed by atoms with Crippen LogP contribution in [0.25, 0.3) is 0 Å². The molecule has 1 N–H and O–H groups in total. The van der Waals surface area contributed by atoms with Crippen molar-refractivity contribution < 1.29 is 4.79 Å². The minimum Gasteiger partial charge on any atom is -0.355 e. The first kappa shape index (κ1) is 15.5. The third-order valence-electron chi connectivity index (χ3n) is 3.89. The first-order valence-electron chi connectivity index (χ1n) is 7.66. The Hall–Kier alpha value is -0.570. The summed E-state index contributed by atoms with van der Waals surface area (Å²) in [4.78, 5) is 14.2. The highest BCUT2D eigenvalue weighted by Gasteiger charge is 2.23. The zero-order valence-corrected chi connectivity index (χ0v) is 12.4. The minimum absolute atomic E-state index is 0.222. The fourth-order valence-electron chi connectivity index (χ4n) is 2.68. The molecule has 1 aliphatic rings. The summed E-state index contributed by atoms with van der Waals surface area (Å²) in [5.41, 5.74) is 0. The Labute approximate surface area is 112 Å². The molecule has 0 bridgehead atoms. The zero-order chi connectivity index (χ0) is 13.4. The van der Waals surface area contributed by atoms with Crippen LogP contribution in [0.4, 0.5) is 0 Å². The maximum absolute atomic E-state index is 11.7. The van der Waals surface area contributed by atoms with Crippen LogP contribution >= 0.6 is 0 Å². The molecule has 1 heterocycles. The van der Waals surface area contributed by atoms with E-state index in [2.05, 4.69) is 31.0 Å². The molecule has 1 saturated heterocycles. The van der Waals surface area contributed by atoms with Crippen LogP contribution in [0.15, 0.2) is 0 Å². The minimum atomic E-state index is 0.222. The third-order valence-corrected chi connectivity index (χ3v) is 3.89. The lowest BCUT2D eigenvalue weighted by molar-refractivity contribution is -0.121. The molecule has 0 radical (unpaired) electrons. The van der Waals surface area contributed by atoms with Gasteiger partial charge < -0.3 is 5.32 Å². The summed E-state index contributed by atoms with van der Waals surface area (Å²) in [6, 6.07) is 0.510. The molecule has 0 saturated carbocycles. The van der Waals surface area contributed by atoms with Gasteiger partial charge in [0, 0.05) is 19.0 Å². The van der Waals surface area contributed by atoms with E-state index in [9.17, 15) is 4.79 Å². The van der Waals surface area contributed by atoms with Gasteiger partial charge in [-0.2, -0.15) is 0 Å². The van der Waals surface area contributed by atoms with Crippen molar-refractivity contribution in [3.05, 3.63) is 0 Å². The summed E-state index contributed by atoms with van der Waals surface area (Å²) in [7, 11) is 0. The van der Waals surface area contributed by atoms with Crippen LogP contribution in [0.1, 0.15) is 59.3 Å². The molecule has 0 aromatic heterocycles. The quantitative estimate of drug-likeness (QED) is 0.757. The van der Waals surface area contributed by atoms with E-state index in [0.29, 0.717) is 18.4 Å². The van der Waals surface area contributed by atoms with Crippen LogP contribution in [0.5, 0.6) is 0 Å². The second-order valence-electron chi connectivity index (χ2n) is 5.82.